The number of rotatable bonds is 7. The summed E-state index contributed by atoms with van der Waals surface area (Å²) in [6.07, 6.45) is -4.12. The first-order chi connectivity index (χ1) is 22.0. The van der Waals surface area contributed by atoms with Crippen molar-refractivity contribution in [3.05, 3.63) is 41.0 Å². The number of aliphatic hydroxyl groups excluding tert-OH is 1. The lowest BCUT2D eigenvalue weighted by molar-refractivity contribution is -0.354. The zero-order valence-electron chi connectivity index (χ0n) is 25.4. The molecule has 2 aromatic rings. The van der Waals surface area contributed by atoms with E-state index in [2.05, 4.69) is 0 Å². The van der Waals surface area contributed by atoms with Crippen LogP contribution in [-0.4, -0.2) is 86.0 Å². The lowest BCUT2D eigenvalue weighted by Crippen LogP contribution is -2.60. The standard InChI is InChI=1S/C30H35O15P/c1-12-25(31)28-22(10-38-13(2)42-28)43-30(12)44-26-16-8-19-18(40-11-41-19)7-15(16)23(24-17(26)9-39-29(24)32)14-5-20(36-3)27(21(6-14)37-4)45-46(33,34)35/h5-8,12-13,17,22-26,28,30-31H,9-11H2,1-4H3,(H2,33,34,35)/t12?,13?,17-,22?,23?,24-,25?,26+,28?,30?/m0/s1. The lowest BCUT2D eigenvalue weighted by Gasteiger charge is -2.48. The number of hydrogen-bond acceptors (Lipinski definition) is 13. The number of carbonyl (C=O) groups is 1. The summed E-state index contributed by atoms with van der Waals surface area (Å²) >= 11 is 0. The second-order valence-electron chi connectivity index (χ2n) is 11.9. The average molecular weight is 667 g/mol. The number of phosphoric ester groups is 1. The van der Waals surface area contributed by atoms with E-state index < -0.39 is 74.5 Å². The molecule has 15 nitrogen and oxygen atoms in total. The van der Waals surface area contributed by atoms with Gasteiger partial charge in [-0.25, -0.2) is 4.57 Å². The third-order valence-corrected chi connectivity index (χ3v) is 9.70. The van der Waals surface area contributed by atoms with E-state index >= 15 is 0 Å². The second-order valence-corrected chi connectivity index (χ2v) is 13.1. The zero-order chi connectivity index (χ0) is 32.5. The van der Waals surface area contributed by atoms with Gasteiger partial charge in [0.15, 0.2) is 35.6 Å². The first-order valence-electron chi connectivity index (χ1n) is 14.8. The monoisotopic (exact) mass is 666 g/mol. The minimum atomic E-state index is -4.98. The summed E-state index contributed by atoms with van der Waals surface area (Å²) in [5, 5.41) is 11.2. The molecule has 0 radical (unpaired) electrons. The van der Waals surface area contributed by atoms with Crippen LogP contribution in [0.3, 0.4) is 0 Å². The molecule has 250 valence electrons. The molecule has 5 aliphatic rings. The Bertz CT molecular complexity index is 1530. The van der Waals surface area contributed by atoms with E-state index in [9.17, 15) is 24.3 Å². The summed E-state index contributed by atoms with van der Waals surface area (Å²) in [6, 6.07) is 6.70. The van der Waals surface area contributed by atoms with Crippen molar-refractivity contribution in [3.8, 4) is 28.7 Å². The van der Waals surface area contributed by atoms with Crippen LogP contribution in [0.25, 0.3) is 0 Å². The van der Waals surface area contributed by atoms with Crippen LogP contribution in [0.5, 0.6) is 28.7 Å². The molecule has 0 amide bonds. The van der Waals surface area contributed by atoms with Gasteiger partial charge in [-0.05, 0) is 47.9 Å². The Kier molecular flexibility index (Phi) is 8.09. The van der Waals surface area contributed by atoms with E-state index in [-0.39, 0.29) is 37.3 Å². The van der Waals surface area contributed by atoms with E-state index in [1.165, 1.54) is 14.2 Å². The number of cyclic esters (lactones) is 1. The van der Waals surface area contributed by atoms with E-state index in [4.69, 9.17) is 47.2 Å². The van der Waals surface area contributed by atoms with E-state index in [0.29, 0.717) is 28.2 Å². The highest BCUT2D eigenvalue weighted by molar-refractivity contribution is 7.46. The van der Waals surface area contributed by atoms with Crippen LogP contribution in [0.15, 0.2) is 24.3 Å². The van der Waals surface area contributed by atoms with Gasteiger partial charge < -0.3 is 52.3 Å². The molecule has 0 saturated carbocycles. The zero-order valence-corrected chi connectivity index (χ0v) is 26.3. The molecule has 0 spiro atoms. The van der Waals surface area contributed by atoms with Gasteiger partial charge in [0.05, 0.1) is 45.6 Å². The number of methoxy groups -OCH3 is 2. The summed E-state index contributed by atoms with van der Waals surface area (Å²) in [5.41, 5.74) is 1.90. The first kappa shape index (κ1) is 31.5. The number of hydrogen-bond donors (Lipinski definition) is 3. The maximum Gasteiger partial charge on any atom is 0.525 e. The molecule has 46 heavy (non-hydrogen) atoms. The van der Waals surface area contributed by atoms with Crippen molar-refractivity contribution in [3.63, 3.8) is 0 Å². The number of aliphatic hydroxyl groups is 1. The van der Waals surface area contributed by atoms with Gasteiger partial charge in [-0.15, -0.1) is 0 Å². The van der Waals surface area contributed by atoms with Crippen molar-refractivity contribution in [2.24, 2.45) is 17.8 Å². The second kappa shape index (κ2) is 11.8. The van der Waals surface area contributed by atoms with Crippen molar-refractivity contribution < 1.29 is 71.4 Å². The molecule has 3 N–H and O–H groups in total. The minimum Gasteiger partial charge on any atom is -0.493 e. The highest BCUT2D eigenvalue weighted by atomic mass is 31.2. The summed E-state index contributed by atoms with van der Waals surface area (Å²) in [5.74, 6) is -2.22. The Morgan fingerprint density at radius 3 is 2.24 bits per heavy atom. The molecular weight excluding hydrogens is 631 g/mol. The Hall–Kier alpha value is -3.14. The number of ether oxygens (including phenoxy) is 9. The van der Waals surface area contributed by atoms with Crippen LogP contribution < -0.4 is 23.5 Å². The maximum atomic E-state index is 13.5. The Morgan fingerprint density at radius 2 is 1.59 bits per heavy atom. The van der Waals surface area contributed by atoms with Crippen molar-refractivity contribution in [1.82, 2.24) is 0 Å². The highest BCUT2D eigenvalue weighted by Crippen LogP contribution is 2.58. The highest BCUT2D eigenvalue weighted by Gasteiger charge is 2.55. The third kappa shape index (κ3) is 5.38. The number of fused-ring (bicyclic) bond motifs is 4. The van der Waals surface area contributed by atoms with E-state index in [1.54, 1.807) is 25.1 Å². The number of carbonyl (C=O) groups excluding carboxylic acids is 1. The van der Waals surface area contributed by atoms with Gasteiger partial charge in [0.25, 0.3) is 0 Å². The Balaban J connectivity index is 1.32. The molecule has 0 bridgehead atoms. The summed E-state index contributed by atoms with van der Waals surface area (Å²) in [6.45, 7) is 3.85. The molecule has 4 heterocycles. The summed E-state index contributed by atoms with van der Waals surface area (Å²) in [7, 11) is -2.34. The van der Waals surface area contributed by atoms with Gasteiger partial charge in [0.2, 0.25) is 12.5 Å². The number of esters is 1. The van der Waals surface area contributed by atoms with Crippen molar-refractivity contribution in [2.45, 2.75) is 56.8 Å². The largest absolute Gasteiger partial charge is 0.525 e. The van der Waals surface area contributed by atoms with Crippen LogP contribution in [0.1, 0.15) is 42.6 Å². The molecule has 0 aromatic heterocycles. The molecule has 7 rings (SSSR count). The van der Waals surface area contributed by atoms with Gasteiger partial charge >= 0.3 is 13.8 Å². The minimum absolute atomic E-state index is 0.00975. The molecule has 1 aliphatic carbocycles. The molecular formula is C30H35O15P. The predicted molar refractivity (Wildman–Crippen MR) is 153 cm³/mol. The van der Waals surface area contributed by atoms with Crippen LogP contribution in [0.2, 0.25) is 0 Å². The maximum absolute atomic E-state index is 13.5. The fourth-order valence-electron chi connectivity index (χ4n) is 7.12. The fraction of sp³-hybridized carbons (Fsp3) is 0.567. The molecule has 2 aromatic carbocycles. The summed E-state index contributed by atoms with van der Waals surface area (Å²) < 4.78 is 69.1. The van der Waals surface area contributed by atoms with Gasteiger partial charge in [-0.3, -0.25) is 14.6 Å². The molecule has 10 atom stereocenters. The smallest absolute Gasteiger partial charge is 0.493 e. The van der Waals surface area contributed by atoms with Crippen LogP contribution in [0.4, 0.5) is 0 Å². The van der Waals surface area contributed by atoms with E-state index in [0.717, 1.165) is 0 Å². The average Bonchev–Trinajstić information content (AvgIpc) is 3.64. The Morgan fingerprint density at radius 1 is 0.913 bits per heavy atom. The normalized spacial score (nSPS) is 34.6. The topological polar surface area (TPSA) is 187 Å². The molecule has 4 aliphatic heterocycles. The van der Waals surface area contributed by atoms with Crippen LogP contribution in [0, 0.1) is 17.8 Å². The Labute approximate surface area is 263 Å². The molecule has 16 heteroatoms. The van der Waals surface area contributed by atoms with Gasteiger partial charge in [0.1, 0.15) is 12.2 Å². The van der Waals surface area contributed by atoms with Crippen molar-refractivity contribution in [2.75, 3.05) is 34.2 Å². The van der Waals surface area contributed by atoms with Gasteiger partial charge in [0, 0.05) is 17.8 Å². The van der Waals surface area contributed by atoms with Gasteiger partial charge in [-0.1, -0.05) is 6.92 Å². The van der Waals surface area contributed by atoms with Crippen molar-refractivity contribution >= 4 is 13.8 Å². The van der Waals surface area contributed by atoms with E-state index in [1.807, 2.05) is 13.0 Å². The first-order valence-corrected chi connectivity index (χ1v) is 16.4. The molecule has 3 saturated heterocycles. The SMILES string of the molecule is COc1cc(C2c3cc4c(cc3[C@@H](OC3OC5COC(C)OC5C(O)C3C)[C@H]3COC(=O)[C@H]23)OCO4)cc(OC)c1OP(=O)(O)O. The van der Waals surface area contributed by atoms with Crippen LogP contribution in [-0.2, 0) is 33.0 Å². The van der Waals surface area contributed by atoms with Crippen LogP contribution >= 0.6 is 7.82 Å². The molecule has 7 unspecified atom stereocenters. The number of phosphoric acid groups is 1. The molecule has 3 fully saturated rings. The predicted octanol–water partition coefficient (Wildman–Crippen LogP) is 2.38. The number of benzene rings is 2. The summed E-state index contributed by atoms with van der Waals surface area (Å²) in [4.78, 5) is 32.6. The van der Waals surface area contributed by atoms with Crippen molar-refractivity contribution in [1.29, 1.82) is 0 Å². The quantitative estimate of drug-likeness (QED) is 0.289. The fourth-order valence-corrected chi connectivity index (χ4v) is 7.54. The lowest BCUT2D eigenvalue weighted by atomic mass is 9.66. The third-order valence-electron chi connectivity index (χ3n) is 9.28. The van der Waals surface area contributed by atoms with Gasteiger partial charge in [-0.2, -0.15) is 0 Å².